The molecule has 0 aromatic heterocycles. The van der Waals surface area contributed by atoms with Gasteiger partial charge in [0, 0.05) is 0 Å². The maximum absolute atomic E-state index is 11.4. The first-order chi connectivity index (χ1) is 7.20. The summed E-state index contributed by atoms with van der Waals surface area (Å²) in [5.41, 5.74) is -0.241. The average molecular weight is 228 g/mol. The van der Waals surface area contributed by atoms with E-state index in [1.807, 2.05) is 27.7 Å². The fourth-order valence-electron chi connectivity index (χ4n) is 1.95. The summed E-state index contributed by atoms with van der Waals surface area (Å²) in [6.07, 6.45) is 0.467. The van der Waals surface area contributed by atoms with E-state index in [0.29, 0.717) is 6.42 Å². The minimum atomic E-state index is -0.419. The molecule has 0 saturated carbocycles. The van der Waals surface area contributed by atoms with Crippen molar-refractivity contribution in [2.45, 2.75) is 52.7 Å². The maximum atomic E-state index is 11.4. The fraction of sp³-hybridized carbons (Fsp3) is 0.833. The van der Waals surface area contributed by atoms with Gasteiger partial charge in [-0.3, -0.25) is 9.59 Å². The zero-order chi connectivity index (χ0) is 12.5. The highest BCUT2D eigenvalue weighted by molar-refractivity contribution is 5.96. The van der Waals surface area contributed by atoms with Crippen molar-refractivity contribution < 1.29 is 19.1 Å². The van der Waals surface area contributed by atoms with E-state index in [0.717, 1.165) is 0 Å². The minimum Gasteiger partial charge on any atom is -0.393 e. The van der Waals surface area contributed by atoms with Gasteiger partial charge >= 0.3 is 11.9 Å². The highest BCUT2D eigenvalue weighted by atomic mass is 16.6. The van der Waals surface area contributed by atoms with Crippen molar-refractivity contribution in [3.05, 3.63) is 0 Å². The Morgan fingerprint density at radius 1 is 1.31 bits per heavy atom. The van der Waals surface area contributed by atoms with Gasteiger partial charge < -0.3 is 9.47 Å². The van der Waals surface area contributed by atoms with Gasteiger partial charge in [-0.15, -0.1) is 0 Å². The molecule has 1 heterocycles. The smallest absolute Gasteiger partial charge is 0.317 e. The summed E-state index contributed by atoms with van der Waals surface area (Å²) in [5.74, 6) is -1.54. The molecule has 4 nitrogen and oxygen atoms in total. The Bertz CT molecular complexity index is 290. The van der Waals surface area contributed by atoms with Crippen molar-refractivity contribution in [1.29, 1.82) is 0 Å². The lowest BCUT2D eigenvalue weighted by molar-refractivity contribution is -0.154. The van der Waals surface area contributed by atoms with Crippen molar-refractivity contribution >= 4 is 11.9 Å². The Balaban J connectivity index is 2.54. The Hall–Kier alpha value is -0.900. The van der Waals surface area contributed by atoms with Gasteiger partial charge in [0.1, 0.15) is 0 Å². The average Bonchev–Trinajstić information content (AvgIpc) is 2.29. The van der Waals surface area contributed by atoms with E-state index in [-0.39, 0.29) is 23.5 Å². The number of hydrogen-bond donors (Lipinski definition) is 0. The van der Waals surface area contributed by atoms with Crippen molar-refractivity contribution in [1.82, 2.24) is 0 Å². The van der Waals surface area contributed by atoms with Crippen LogP contribution < -0.4 is 0 Å². The van der Waals surface area contributed by atoms with E-state index in [4.69, 9.17) is 4.74 Å². The molecule has 0 aromatic rings. The zero-order valence-corrected chi connectivity index (χ0v) is 10.6. The maximum Gasteiger partial charge on any atom is 0.317 e. The topological polar surface area (TPSA) is 52.6 Å². The van der Waals surface area contributed by atoms with Crippen molar-refractivity contribution in [3.63, 3.8) is 0 Å². The molecule has 0 N–H and O–H groups in total. The van der Waals surface area contributed by atoms with Crippen molar-refractivity contribution in [2.75, 3.05) is 0 Å². The lowest BCUT2D eigenvalue weighted by atomic mass is 9.91. The Morgan fingerprint density at radius 3 is 2.25 bits per heavy atom. The number of cyclic esters (lactones) is 2. The second-order valence-corrected chi connectivity index (χ2v) is 5.41. The summed E-state index contributed by atoms with van der Waals surface area (Å²) in [7, 11) is 0. The first-order valence-corrected chi connectivity index (χ1v) is 5.64. The second-order valence-electron chi connectivity index (χ2n) is 5.41. The van der Waals surface area contributed by atoms with Gasteiger partial charge in [0.2, 0.25) is 0 Å². The molecular weight excluding hydrogens is 208 g/mol. The molecule has 0 aromatic carbocycles. The molecule has 3 atom stereocenters. The molecule has 0 bridgehead atoms. The number of carbonyl (C=O) groups excluding carboxylic acids is 2. The van der Waals surface area contributed by atoms with Crippen LogP contribution in [0.25, 0.3) is 0 Å². The normalized spacial score (nSPS) is 28.1. The zero-order valence-electron chi connectivity index (χ0n) is 10.6. The van der Waals surface area contributed by atoms with Crippen LogP contribution in [-0.2, 0) is 19.1 Å². The van der Waals surface area contributed by atoms with Crippen LogP contribution in [0.15, 0.2) is 0 Å². The Kier molecular flexibility index (Phi) is 3.73. The van der Waals surface area contributed by atoms with Gasteiger partial charge in [-0.05, 0) is 34.1 Å². The van der Waals surface area contributed by atoms with Gasteiger partial charge in [0.15, 0.2) is 0 Å². The molecule has 0 radical (unpaired) electrons. The van der Waals surface area contributed by atoms with Crippen LogP contribution in [0.1, 0.15) is 41.0 Å². The van der Waals surface area contributed by atoms with Crippen LogP contribution in [-0.4, -0.2) is 23.6 Å². The molecule has 92 valence electrons. The predicted octanol–water partition coefficient (Wildman–Crippen LogP) is 1.92. The lowest BCUT2D eigenvalue weighted by Gasteiger charge is -2.26. The molecular formula is C12H20O4. The first kappa shape index (κ1) is 13.2. The van der Waals surface area contributed by atoms with E-state index in [2.05, 4.69) is 4.74 Å². The second kappa shape index (κ2) is 4.53. The highest BCUT2D eigenvalue weighted by Gasteiger charge is 2.42. The van der Waals surface area contributed by atoms with Gasteiger partial charge in [-0.1, -0.05) is 6.92 Å². The molecule has 1 aliphatic rings. The number of esters is 2. The molecule has 0 aliphatic carbocycles. The summed E-state index contributed by atoms with van der Waals surface area (Å²) >= 11 is 0. The van der Waals surface area contributed by atoms with Crippen LogP contribution in [0.5, 0.6) is 0 Å². The quantitative estimate of drug-likeness (QED) is 0.547. The summed E-state index contributed by atoms with van der Waals surface area (Å²) in [5, 5.41) is 0. The summed E-state index contributed by atoms with van der Waals surface area (Å²) < 4.78 is 10.3. The van der Waals surface area contributed by atoms with Gasteiger partial charge in [-0.2, -0.15) is 0 Å². The number of rotatable bonds is 3. The molecule has 1 fully saturated rings. The predicted molar refractivity (Wildman–Crippen MR) is 58.7 cm³/mol. The number of hydrogen-bond acceptors (Lipinski definition) is 4. The third kappa shape index (κ3) is 3.30. The summed E-state index contributed by atoms with van der Waals surface area (Å²) in [4.78, 5) is 22.6. The van der Waals surface area contributed by atoms with E-state index >= 15 is 0 Å². The first-order valence-electron chi connectivity index (χ1n) is 5.64. The summed E-state index contributed by atoms with van der Waals surface area (Å²) in [6, 6.07) is 0. The van der Waals surface area contributed by atoms with E-state index < -0.39 is 11.9 Å². The monoisotopic (exact) mass is 228 g/mol. The van der Waals surface area contributed by atoms with E-state index in [1.54, 1.807) is 6.92 Å². The van der Waals surface area contributed by atoms with Crippen molar-refractivity contribution in [3.8, 4) is 0 Å². The third-order valence-corrected chi connectivity index (χ3v) is 2.62. The number of ether oxygens (including phenoxy) is 2. The molecule has 4 heteroatoms. The van der Waals surface area contributed by atoms with Crippen LogP contribution >= 0.6 is 0 Å². The highest BCUT2D eigenvalue weighted by Crippen LogP contribution is 2.29. The Labute approximate surface area is 96.3 Å². The molecule has 1 saturated heterocycles. The van der Waals surface area contributed by atoms with Crippen LogP contribution in [0.3, 0.4) is 0 Å². The standard InChI is InChI=1S/C12H20O4/c1-7(16-12(3,4)5)6-9-8(2)10(13)15-11(9)14/h7-9H,6H2,1-5H3. The molecule has 16 heavy (non-hydrogen) atoms. The largest absolute Gasteiger partial charge is 0.393 e. The molecule has 3 unspecified atom stereocenters. The molecule has 0 amide bonds. The van der Waals surface area contributed by atoms with Crippen LogP contribution in [0.2, 0.25) is 0 Å². The lowest BCUT2D eigenvalue weighted by Crippen LogP contribution is -2.29. The molecule has 1 rings (SSSR count). The SMILES string of the molecule is CC(CC1C(=O)OC(=O)C1C)OC(C)(C)C. The minimum absolute atomic E-state index is 0.0640. The summed E-state index contributed by atoms with van der Waals surface area (Å²) in [6.45, 7) is 9.52. The van der Waals surface area contributed by atoms with Gasteiger partial charge in [0.25, 0.3) is 0 Å². The van der Waals surface area contributed by atoms with Gasteiger partial charge in [-0.25, -0.2) is 0 Å². The van der Waals surface area contributed by atoms with E-state index in [9.17, 15) is 9.59 Å². The van der Waals surface area contributed by atoms with Crippen molar-refractivity contribution in [2.24, 2.45) is 11.8 Å². The van der Waals surface area contributed by atoms with Crippen LogP contribution in [0, 0.1) is 11.8 Å². The number of carbonyl (C=O) groups is 2. The fourth-order valence-corrected chi connectivity index (χ4v) is 1.95. The Morgan fingerprint density at radius 2 is 1.88 bits per heavy atom. The van der Waals surface area contributed by atoms with E-state index in [1.165, 1.54) is 0 Å². The van der Waals surface area contributed by atoms with Gasteiger partial charge in [0.05, 0.1) is 23.5 Å². The molecule has 1 aliphatic heterocycles. The third-order valence-electron chi connectivity index (χ3n) is 2.62. The van der Waals surface area contributed by atoms with Crippen LogP contribution in [0.4, 0.5) is 0 Å². The molecule has 0 spiro atoms.